The van der Waals surface area contributed by atoms with Crippen LogP contribution in [0.5, 0.6) is 0 Å². The number of nitrogens with zero attached hydrogens (tertiary/aromatic N) is 3. The Hall–Kier alpha value is -2.31. The summed E-state index contributed by atoms with van der Waals surface area (Å²) in [7, 11) is 1.74. The molecule has 20 heavy (non-hydrogen) atoms. The third-order valence-corrected chi connectivity index (χ3v) is 2.95. The maximum absolute atomic E-state index is 11.2. The first-order valence-corrected chi connectivity index (χ1v) is 6.31. The van der Waals surface area contributed by atoms with Crippen LogP contribution in [0, 0.1) is 6.92 Å². The third kappa shape index (κ3) is 2.98. The largest absolute Gasteiger partial charge is 0.477 e. The molecule has 1 aromatic heterocycles. The van der Waals surface area contributed by atoms with Crippen molar-refractivity contribution in [3.63, 3.8) is 0 Å². The fourth-order valence-corrected chi connectivity index (χ4v) is 2.18. The highest BCUT2D eigenvalue weighted by atomic mass is 16.4. The highest BCUT2D eigenvalue weighted by molar-refractivity contribution is 6.13. The van der Waals surface area contributed by atoms with E-state index in [1.165, 1.54) is 0 Å². The summed E-state index contributed by atoms with van der Waals surface area (Å²) >= 11 is 0. The lowest BCUT2D eigenvalue weighted by atomic mass is 10.1. The van der Waals surface area contributed by atoms with Gasteiger partial charge in [0.1, 0.15) is 5.82 Å². The molecule has 7 heteroatoms. The van der Waals surface area contributed by atoms with Gasteiger partial charge >= 0.3 is 11.9 Å². The van der Waals surface area contributed by atoms with E-state index in [0.29, 0.717) is 18.8 Å². The molecule has 1 heterocycles. The van der Waals surface area contributed by atoms with Crippen molar-refractivity contribution >= 4 is 17.8 Å². The minimum absolute atomic E-state index is 0.260. The third-order valence-electron chi connectivity index (χ3n) is 2.95. The van der Waals surface area contributed by atoms with Crippen molar-refractivity contribution < 1.29 is 19.8 Å². The number of anilines is 1. The Labute approximate surface area is 117 Å². The SMILES string of the molecule is CCC(=C(C(=O)O)C(=O)O)N(CC)c1cc(C)nn1C. The Morgan fingerprint density at radius 2 is 1.85 bits per heavy atom. The van der Waals surface area contributed by atoms with E-state index in [0.717, 1.165) is 5.69 Å². The van der Waals surface area contributed by atoms with Crippen molar-refractivity contribution in [1.29, 1.82) is 0 Å². The van der Waals surface area contributed by atoms with Gasteiger partial charge in [0.2, 0.25) is 0 Å². The molecule has 0 fully saturated rings. The molecule has 0 amide bonds. The predicted octanol–water partition coefficient (Wildman–Crippen LogP) is 1.39. The van der Waals surface area contributed by atoms with E-state index >= 15 is 0 Å². The fourth-order valence-electron chi connectivity index (χ4n) is 2.18. The number of carboxylic acid groups (broad SMARTS) is 2. The van der Waals surface area contributed by atoms with Gasteiger partial charge in [-0.3, -0.25) is 4.68 Å². The van der Waals surface area contributed by atoms with Crippen molar-refractivity contribution in [2.45, 2.75) is 27.2 Å². The van der Waals surface area contributed by atoms with Gasteiger partial charge in [-0.05, 0) is 20.3 Å². The van der Waals surface area contributed by atoms with Gasteiger partial charge in [-0.15, -0.1) is 0 Å². The molecule has 0 saturated heterocycles. The van der Waals surface area contributed by atoms with E-state index in [2.05, 4.69) is 5.10 Å². The lowest BCUT2D eigenvalue weighted by Gasteiger charge is -2.26. The average Bonchev–Trinajstić information content (AvgIpc) is 2.67. The maximum Gasteiger partial charge on any atom is 0.344 e. The minimum atomic E-state index is -1.44. The summed E-state index contributed by atoms with van der Waals surface area (Å²) in [6, 6.07) is 1.79. The van der Waals surface area contributed by atoms with E-state index in [-0.39, 0.29) is 5.70 Å². The van der Waals surface area contributed by atoms with Crippen LogP contribution in [0.3, 0.4) is 0 Å². The van der Waals surface area contributed by atoms with Crippen LogP contribution >= 0.6 is 0 Å². The topological polar surface area (TPSA) is 95.7 Å². The van der Waals surface area contributed by atoms with Crippen LogP contribution in [-0.2, 0) is 16.6 Å². The van der Waals surface area contributed by atoms with Gasteiger partial charge in [0.15, 0.2) is 5.57 Å². The van der Waals surface area contributed by atoms with Gasteiger partial charge in [0, 0.05) is 25.4 Å². The lowest BCUT2D eigenvalue weighted by molar-refractivity contribution is -0.140. The Balaban J connectivity index is 3.47. The van der Waals surface area contributed by atoms with E-state index in [4.69, 9.17) is 10.2 Å². The van der Waals surface area contributed by atoms with Crippen molar-refractivity contribution in [3.05, 3.63) is 23.0 Å². The highest BCUT2D eigenvalue weighted by Crippen LogP contribution is 2.24. The second-order valence-electron chi connectivity index (χ2n) is 4.30. The number of carboxylic acids is 2. The summed E-state index contributed by atoms with van der Waals surface area (Å²) in [5.41, 5.74) is 0.437. The first kappa shape index (κ1) is 15.7. The van der Waals surface area contributed by atoms with Crippen molar-refractivity contribution in [1.82, 2.24) is 9.78 Å². The summed E-state index contributed by atoms with van der Waals surface area (Å²) in [6.07, 6.45) is 0.298. The van der Waals surface area contributed by atoms with Crippen LogP contribution in [0.2, 0.25) is 0 Å². The fraction of sp³-hybridized carbons (Fsp3) is 0.462. The Kier molecular flexibility index (Phi) is 4.90. The molecule has 2 N–H and O–H groups in total. The van der Waals surface area contributed by atoms with Crippen LogP contribution in [0.1, 0.15) is 26.0 Å². The van der Waals surface area contributed by atoms with Crippen molar-refractivity contribution in [2.75, 3.05) is 11.4 Å². The number of allylic oxidation sites excluding steroid dienone is 1. The molecule has 1 rings (SSSR count). The summed E-state index contributed by atoms with van der Waals surface area (Å²) in [5.74, 6) is -2.21. The number of carbonyl (C=O) groups is 2. The lowest BCUT2D eigenvalue weighted by Crippen LogP contribution is -2.29. The quantitative estimate of drug-likeness (QED) is 0.465. The Bertz CT molecular complexity index is 544. The zero-order chi connectivity index (χ0) is 15.4. The number of aryl methyl sites for hydroxylation is 2. The monoisotopic (exact) mass is 281 g/mol. The average molecular weight is 281 g/mol. The Morgan fingerprint density at radius 1 is 1.30 bits per heavy atom. The molecule has 0 radical (unpaired) electrons. The van der Waals surface area contributed by atoms with Gasteiger partial charge in [0.05, 0.1) is 5.69 Å². The summed E-state index contributed by atoms with van der Waals surface area (Å²) in [5, 5.41) is 22.4. The Morgan fingerprint density at radius 3 is 2.15 bits per heavy atom. The summed E-state index contributed by atoms with van der Waals surface area (Å²) in [6.45, 7) is 5.83. The molecule has 0 aliphatic carbocycles. The van der Waals surface area contributed by atoms with E-state index in [1.807, 2.05) is 13.8 Å². The molecule has 0 unspecified atom stereocenters. The van der Waals surface area contributed by atoms with Gasteiger partial charge < -0.3 is 15.1 Å². The van der Waals surface area contributed by atoms with Crippen LogP contribution in [0.4, 0.5) is 5.82 Å². The van der Waals surface area contributed by atoms with Crippen molar-refractivity contribution in [3.8, 4) is 0 Å². The molecule has 0 atom stereocenters. The second kappa shape index (κ2) is 6.23. The molecule has 0 aliphatic rings. The van der Waals surface area contributed by atoms with Gasteiger partial charge in [0.25, 0.3) is 0 Å². The normalized spacial score (nSPS) is 10.2. The molecule has 1 aromatic rings. The van der Waals surface area contributed by atoms with Crippen LogP contribution < -0.4 is 4.90 Å². The molecule has 0 aliphatic heterocycles. The van der Waals surface area contributed by atoms with E-state index < -0.39 is 17.5 Å². The van der Waals surface area contributed by atoms with Gasteiger partial charge in [-0.1, -0.05) is 6.92 Å². The molecule has 0 bridgehead atoms. The van der Waals surface area contributed by atoms with E-state index in [9.17, 15) is 9.59 Å². The zero-order valence-electron chi connectivity index (χ0n) is 12.0. The maximum atomic E-state index is 11.2. The summed E-state index contributed by atoms with van der Waals surface area (Å²) in [4.78, 5) is 24.1. The second-order valence-corrected chi connectivity index (χ2v) is 4.30. The first-order chi connectivity index (χ1) is 9.33. The van der Waals surface area contributed by atoms with Crippen LogP contribution in [0.15, 0.2) is 17.3 Å². The molecule has 0 aromatic carbocycles. The molecular formula is C13H19N3O4. The number of aromatic nitrogens is 2. The van der Waals surface area contributed by atoms with Gasteiger partial charge in [-0.25, -0.2) is 9.59 Å². The summed E-state index contributed by atoms with van der Waals surface area (Å²) < 4.78 is 1.61. The zero-order valence-corrected chi connectivity index (χ0v) is 12.0. The molecule has 0 saturated carbocycles. The highest BCUT2D eigenvalue weighted by Gasteiger charge is 2.26. The van der Waals surface area contributed by atoms with Gasteiger partial charge in [-0.2, -0.15) is 5.10 Å². The van der Waals surface area contributed by atoms with Crippen LogP contribution in [0.25, 0.3) is 0 Å². The first-order valence-electron chi connectivity index (χ1n) is 6.31. The minimum Gasteiger partial charge on any atom is -0.477 e. The molecule has 7 nitrogen and oxygen atoms in total. The number of hydrogen-bond acceptors (Lipinski definition) is 4. The number of aliphatic carboxylic acids is 2. The predicted molar refractivity (Wildman–Crippen MR) is 73.6 cm³/mol. The van der Waals surface area contributed by atoms with Crippen LogP contribution in [-0.4, -0.2) is 38.5 Å². The molecule has 110 valence electrons. The molecule has 0 spiro atoms. The number of hydrogen-bond donors (Lipinski definition) is 2. The van der Waals surface area contributed by atoms with E-state index in [1.54, 1.807) is 29.6 Å². The number of rotatable bonds is 6. The van der Waals surface area contributed by atoms with Crippen molar-refractivity contribution in [2.24, 2.45) is 7.05 Å². The molecular weight excluding hydrogens is 262 g/mol. The smallest absolute Gasteiger partial charge is 0.344 e. The standard InChI is InChI=1S/C13H19N3O4/c1-5-9(11(12(17)18)13(19)20)16(6-2)10-7-8(3)14-15(10)4/h7H,5-6H2,1-4H3,(H,17,18)(H,19,20).